The van der Waals surface area contributed by atoms with Crippen LogP contribution in [0.25, 0.3) is 32.3 Å². The first-order chi connectivity index (χ1) is 11.8. The van der Waals surface area contributed by atoms with Crippen LogP contribution in [0.5, 0.6) is 5.75 Å². The number of rotatable bonds is 6. The van der Waals surface area contributed by atoms with E-state index in [2.05, 4.69) is 68.4 Å². The monoisotopic (exact) mass is 318 g/mol. The average molecular weight is 318 g/mol. The first-order valence-electron chi connectivity index (χ1n) is 8.69. The maximum Gasteiger partial charge on any atom is 0.127 e. The summed E-state index contributed by atoms with van der Waals surface area (Å²) in [5.41, 5.74) is 0. The van der Waals surface area contributed by atoms with Crippen LogP contribution in [0.2, 0.25) is 0 Å². The Bertz CT molecular complexity index is 958. The largest absolute Gasteiger partial charge is 0.491 e. The Balaban J connectivity index is 1.72. The molecule has 122 valence electrons. The van der Waals surface area contributed by atoms with Gasteiger partial charge in [-0.1, -0.05) is 49.4 Å². The van der Waals surface area contributed by atoms with E-state index in [1.807, 2.05) is 0 Å². The van der Waals surface area contributed by atoms with Gasteiger partial charge in [0.1, 0.15) is 12.4 Å². The van der Waals surface area contributed by atoms with Crippen LogP contribution < -0.4 is 4.74 Å². The van der Waals surface area contributed by atoms with Gasteiger partial charge in [0.2, 0.25) is 0 Å². The minimum absolute atomic E-state index is 0.287. The Morgan fingerprint density at radius 1 is 0.792 bits per heavy atom. The number of ether oxygens (including phenoxy) is 2. The molecule has 0 aliphatic heterocycles. The van der Waals surface area contributed by atoms with Crippen LogP contribution in [-0.4, -0.2) is 19.3 Å². The molecule has 2 heteroatoms. The quantitative estimate of drug-likeness (QED) is 0.331. The molecule has 4 aromatic carbocycles. The fourth-order valence-electron chi connectivity index (χ4n) is 3.35. The smallest absolute Gasteiger partial charge is 0.127 e. The first-order valence-corrected chi connectivity index (χ1v) is 8.69. The number of hydrogen-bond acceptors (Lipinski definition) is 2. The van der Waals surface area contributed by atoms with Crippen LogP contribution >= 0.6 is 0 Å². The zero-order chi connectivity index (χ0) is 16.5. The van der Waals surface area contributed by atoms with Crippen molar-refractivity contribution in [2.24, 2.45) is 0 Å². The molecule has 0 spiro atoms. The molecule has 0 aliphatic rings. The van der Waals surface area contributed by atoms with E-state index in [-0.39, 0.29) is 6.10 Å². The molecule has 0 fully saturated rings. The van der Waals surface area contributed by atoms with Crippen LogP contribution in [0.1, 0.15) is 20.3 Å². The Hall–Kier alpha value is -2.32. The maximum absolute atomic E-state index is 6.03. The SMILES string of the molecule is CCC(C)OCCOc1ccc2ccc3cccc4ccc1c2c34. The van der Waals surface area contributed by atoms with Crippen LogP contribution in [0, 0.1) is 0 Å². The fraction of sp³-hybridized carbons (Fsp3) is 0.273. The van der Waals surface area contributed by atoms with E-state index >= 15 is 0 Å². The van der Waals surface area contributed by atoms with Crippen molar-refractivity contribution in [2.45, 2.75) is 26.4 Å². The van der Waals surface area contributed by atoms with Crippen LogP contribution in [0.3, 0.4) is 0 Å². The van der Waals surface area contributed by atoms with Gasteiger partial charge in [0.15, 0.2) is 0 Å². The van der Waals surface area contributed by atoms with Gasteiger partial charge in [-0.15, -0.1) is 0 Å². The molecule has 0 bridgehead atoms. The lowest BCUT2D eigenvalue weighted by molar-refractivity contribution is 0.0430. The lowest BCUT2D eigenvalue weighted by atomic mass is 9.94. The lowest BCUT2D eigenvalue weighted by Gasteiger charge is -2.15. The van der Waals surface area contributed by atoms with E-state index in [1.54, 1.807) is 0 Å². The van der Waals surface area contributed by atoms with Crippen LogP contribution in [0.15, 0.2) is 54.6 Å². The zero-order valence-corrected chi connectivity index (χ0v) is 14.2. The van der Waals surface area contributed by atoms with E-state index < -0.39 is 0 Å². The summed E-state index contributed by atoms with van der Waals surface area (Å²) >= 11 is 0. The Kier molecular flexibility index (Phi) is 3.99. The highest BCUT2D eigenvalue weighted by molar-refractivity contribution is 6.24. The maximum atomic E-state index is 6.03. The Morgan fingerprint density at radius 2 is 1.46 bits per heavy atom. The number of benzene rings is 4. The third-order valence-corrected chi connectivity index (χ3v) is 4.81. The molecule has 2 nitrogen and oxygen atoms in total. The third kappa shape index (κ3) is 2.57. The minimum atomic E-state index is 0.287. The molecular weight excluding hydrogens is 296 g/mol. The lowest BCUT2D eigenvalue weighted by Crippen LogP contribution is -2.13. The van der Waals surface area contributed by atoms with Gasteiger partial charge in [0.05, 0.1) is 12.7 Å². The van der Waals surface area contributed by atoms with Crippen molar-refractivity contribution in [3.05, 3.63) is 54.6 Å². The molecule has 0 aliphatic carbocycles. The summed E-state index contributed by atoms with van der Waals surface area (Å²) in [4.78, 5) is 0. The predicted molar refractivity (Wildman–Crippen MR) is 101 cm³/mol. The molecular formula is C22H22O2. The molecule has 24 heavy (non-hydrogen) atoms. The summed E-state index contributed by atoms with van der Waals surface area (Å²) < 4.78 is 11.7. The van der Waals surface area contributed by atoms with Crippen molar-refractivity contribution in [2.75, 3.05) is 13.2 Å². The molecule has 0 N–H and O–H groups in total. The van der Waals surface area contributed by atoms with E-state index in [0.29, 0.717) is 13.2 Å². The number of hydrogen-bond donors (Lipinski definition) is 0. The Morgan fingerprint density at radius 3 is 2.21 bits per heavy atom. The van der Waals surface area contributed by atoms with Crippen LogP contribution in [-0.2, 0) is 4.74 Å². The van der Waals surface area contributed by atoms with Crippen molar-refractivity contribution in [1.82, 2.24) is 0 Å². The standard InChI is InChI=1S/C22H22O2/c1-3-15(2)23-13-14-24-20-12-10-18-8-7-16-5-4-6-17-9-11-19(20)22(18)21(16)17/h4-12,15H,3,13-14H2,1-2H3. The van der Waals surface area contributed by atoms with E-state index in [1.165, 1.54) is 32.3 Å². The molecule has 4 rings (SSSR count). The van der Waals surface area contributed by atoms with Gasteiger partial charge >= 0.3 is 0 Å². The van der Waals surface area contributed by atoms with Crippen molar-refractivity contribution in [3.63, 3.8) is 0 Å². The summed E-state index contributed by atoms with van der Waals surface area (Å²) in [6, 6.07) is 19.4. The van der Waals surface area contributed by atoms with Crippen LogP contribution in [0.4, 0.5) is 0 Å². The minimum Gasteiger partial charge on any atom is -0.491 e. The van der Waals surface area contributed by atoms with Gasteiger partial charge in [0.25, 0.3) is 0 Å². The molecule has 1 atom stereocenters. The third-order valence-electron chi connectivity index (χ3n) is 4.81. The highest BCUT2D eigenvalue weighted by atomic mass is 16.5. The van der Waals surface area contributed by atoms with Gasteiger partial charge in [-0.2, -0.15) is 0 Å². The average Bonchev–Trinajstić information content (AvgIpc) is 2.63. The first kappa shape index (κ1) is 15.2. The zero-order valence-electron chi connectivity index (χ0n) is 14.2. The molecule has 0 aromatic heterocycles. The predicted octanol–water partition coefficient (Wildman–Crippen LogP) is 5.78. The van der Waals surface area contributed by atoms with Crippen molar-refractivity contribution in [1.29, 1.82) is 0 Å². The van der Waals surface area contributed by atoms with Gasteiger partial charge in [-0.3, -0.25) is 0 Å². The van der Waals surface area contributed by atoms with Gasteiger partial charge in [-0.05, 0) is 47.0 Å². The normalized spacial score (nSPS) is 13.1. The van der Waals surface area contributed by atoms with E-state index in [0.717, 1.165) is 12.2 Å². The van der Waals surface area contributed by atoms with Gasteiger partial charge < -0.3 is 9.47 Å². The summed E-state index contributed by atoms with van der Waals surface area (Å²) in [5, 5.41) is 7.63. The highest BCUT2D eigenvalue weighted by Gasteiger charge is 2.11. The van der Waals surface area contributed by atoms with E-state index in [9.17, 15) is 0 Å². The van der Waals surface area contributed by atoms with Gasteiger partial charge in [0, 0.05) is 10.8 Å². The van der Waals surface area contributed by atoms with Crippen molar-refractivity contribution < 1.29 is 9.47 Å². The summed E-state index contributed by atoms with van der Waals surface area (Å²) in [5.74, 6) is 0.938. The second-order valence-electron chi connectivity index (χ2n) is 6.36. The fourth-order valence-corrected chi connectivity index (χ4v) is 3.35. The Labute approximate surface area is 142 Å². The molecule has 0 amide bonds. The summed E-state index contributed by atoms with van der Waals surface area (Å²) in [6.07, 6.45) is 1.31. The molecule has 0 radical (unpaired) electrons. The molecule has 0 saturated heterocycles. The summed E-state index contributed by atoms with van der Waals surface area (Å²) in [7, 11) is 0. The topological polar surface area (TPSA) is 18.5 Å². The second-order valence-corrected chi connectivity index (χ2v) is 6.36. The van der Waals surface area contributed by atoms with Gasteiger partial charge in [-0.25, -0.2) is 0 Å². The molecule has 1 unspecified atom stereocenters. The van der Waals surface area contributed by atoms with Crippen molar-refractivity contribution >= 4 is 32.3 Å². The molecule has 0 saturated carbocycles. The second kappa shape index (κ2) is 6.29. The molecule has 0 heterocycles. The van der Waals surface area contributed by atoms with E-state index in [4.69, 9.17) is 9.47 Å². The molecule has 4 aromatic rings. The highest BCUT2D eigenvalue weighted by Crippen LogP contribution is 2.38. The van der Waals surface area contributed by atoms with Crippen molar-refractivity contribution in [3.8, 4) is 5.75 Å². The summed E-state index contributed by atoms with van der Waals surface area (Å²) in [6.45, 7) is 5.42.